The average Bonchev–Trinajstić information content (AvgIpc) is 2.42. The van der Waals surface area contributed by atoms with Crippen molar-refractivity contribution in [1.82, 2.24) is 24.5 Å². The molecule has 0 fully saturated rings. The second kappa shape index (κ2) is 4.26. The molecule has 3 heterocycles. The Balaban J connectivity index is 2.56. The average molecular weight is 270 g/mol. The highest BCUT2D eigenvalue weighted by Gasteiger charge is 2.14. The molecule has 8 nitrogen and oxygen atoms in total. The molecule has 0 aliphatic heterocycles. The second-order valence-corrected chi connectivity index (χ2v) is 4.15. The summed E-state index contributed by atoms with van der Waals surface area (Å²) in [7, 11) is 0. The van der Waals surface area contributed by atoms with Crippen molar-refractivity contribution in [2.45, 2.75) is 6.92 Å². The number of H-pyrrole nitrogens is 1. The van der Waals surface area contributed by atoms with Crippen molar-refractivity contribution < 1.29 is 0 Å². The summed E-state index contributed by atoms with van der Waals surface area (Å²) in [5.41, 5.74) is 4.94. The number of hydrogen-bond donors (Lipinski definition) is 2. The van der Waals surface area contributed by atoms with Gasteiger partial charge in [-0.3, -0.25) is 14.6 Å². The van der Waals surface area contributed by atoms with E-state index in [0.717, 1.165) is 0 Å². The SMILES string of the molecule is Cc1nc2c(=O)[nH]c(N)nc2n(-c2ccccn2)c1=O. The summed E-state index contributed by atoms with van der Waals surface area (Å²) in [6.07, 6.45) is 1.54. The largest absolute Gasteiger partial charge is 0.369 e. The highest BCUT2D eigenvalue weighted by molar-refractivity contribution is 5.72. The molecule has 0 saturated carbocycles. The van der Waals surface area contributed by atoms with Crippen LogP contribution in [0.15, 0.2) is 34.0 Å². The van der Waals surface area contributed by atoms with E-state index in [1.165, 1.54) is 11.5 Å². The van der Waals surface area contributed by atoms with Crippen LogP contribution in [-0.4, -0.2) is 24.5 Å². The minimum Gasteiger partial charge on any atom is -0.369 e. The van der Waals surface area contributed by atoms with Gasteiger partial charge in [0.25, 0.3) is 11.1 Å². The number of nitrogens with two attached hydrogens (primary N) is 1. The second-order valence-electron chi connectivity index (χ2n) is 4.15. The third-order valence-corrected chi connectivity index (χ3v) is 2.78. The van der Waals surface area contributed by atoms with Crippen LogP contribution in [0.4, 0.5) is 5.95 Å². The monoisotopic (exact) mass is 270 g/mol. The third kappa shape index (κ3) is 1.74. The highest BCUT2D eigenvalue weighted by Crippen LogP contribution is 2.09. The predicted octanol–water partition coefficient (Wildman–Crippen LogP) is -0.245. The summed E-state index contributed by atoms with van der Waals surface area (Å²) in [5, 5.41) is 0. The Morgan fingerprint density at radius 3 is 2.75 bits per heavy atom. The van der Waals surface area contributed by atoms with E-state index in [0.29, 0.717) is 5.82 Å². The maximum Gasteiger partial charge on any atom is 0.280 e. The number of nitrogens with zero attached hydrogens (tertiary/aromatic N) is 4. The van der Waals surface area contributed by atoms with Crippen molar-refractivity contribution in [3.05, 3.63) is 50.8 Å². The molecule has 0 unspecified atom stereocenters. The van der Waals surface area contributed by atoms with Crippen LogP contribution in [0.2, 0.25) is 0 Å². The topological polar surface area (TPSA) is 120 Å². The maximum absolute atomic E-state index is 12.3. The van der Waals surface area contributed by atoms with E-state index in [9.17, 15) is 9.59 Å². The van der Waals surface area contributed by atoms with Crippen LogP contribution in [0, 0.1) is 6.92 Å². The van der Waals surface area contributed by atoms with E-state index in [-0.39, 0.29) is 22.8 Å². The summed E-state index contributed by atoms with van der Waals surface area (Å²) in [5.74, 6) is 0.266. The number of hydrogen-bond acceptors (Lipinski definition) is 6. The first-order chi connectivity index (χ1) is 9.58. The van der Waals surface area contributed by atoms with Gasteiger partial charge in [0.1, 0.15) is 11.5 Å². The van der Waals surface area contributed by atoms with E-state index in [1.54, 1.807) is 24.4 Å². The Morgan fingerprint density at radius 2 is 2.05 bits per heavy atom. The van der Waals surface area contributed by atoms with Crippen molar-refractivity contribution in [2.75, 3.05) is 5.73 Å². The fourth-order valence-electron chi connectivity index (χ4n) is 1.90. The van der Waals surface area contributed by atoms with Gasteiger partial charge in [-0.15, -0.1) is 0 Å². The molecule has 0 saturated heterocycles. The number of aryl methyl sites for hydroxylation is 1. The normalized spacial score (nSPS) is 10.8. The number of nitrogen functional groups attached to an aromatic ring is 1. The molecule has 0 bridgehead atoms. The Bertz CT molecular complexity index is 913. The maximum atomic E-state index is 12.3. The molecule has 20 heavy (non-hydrogen) atoms. The minimum absolute atomic E-state index is 0.0435. The Hall–Kier alpha value is -3.03. The molecule has 0 aromatic carbocycles. The summed E-state index contributed by atoms with van der Waals surface area (Å²) in [4.78, 5) is 38.6. The highest BCUT2D eigenvalue weighted by atomic mass is 16.1. The Morgan fingerprint density at radius 1 is 1.25 bits per heavy atom. The lowest BCUT2D eigenvalue weighted by molar-refractivity contribution is 0.914. The summed E-state index contributed by atoms with van der Waals surface area (Å²) in [6.45, 7) is 1.52. The Labute approximate surface area is 112 Å². The zero-order valence-corrected chi connectivity index (χ0v) is 10.5. The number of fused-ring (bicyclic) bond motifs is 1. The first kappa shape index (κ1) is 12.0. The van der Waals surface area contributed by atoms with Crippen molar-refractivity contribution >= 4 is 17.1 Å². The molecule has 3 aromatic heterocycles. The van der Waals surface area contributed by atoms with Gasteiger partial charge in [-0.05, 0) is 19.1 Å². The van der Waals surface area contributed by atoms with Crippen LogP contribution in [0.25, 0.3) is 17.0 Å². The number of anilines is 1. The van der Waals surface area contributed by atoms with E-state index >= 15 is 0 Å². The van der Waals surface area contributed by atoms with Gasteiger partial charge in [0, 0.05) is 6.20 Å². The predicted molar refractivity (Wildman–Crippen MR) is 72.7 cm³/mol. The van der Waals surface area contributed by atoms with Gasteiger partial charge in [0.05, 0.1) is 0 Å². The molecule has 3 aromatic rings. The van der Waals surface area contributed by atoms with Gasteiger partial charge in [-0.2, -0.15) is 4.98 Å². The van der Waals surface area contributed by atoms with E-state index in [4.69, 9.17) is 5.73 Å². The molecular weight excluding hydrogens is 260 g/mol. The number of aromatic nitrogens is 5. The van der Waals surface area contributed by atoms with Crippen LogP contribution in [-0.2, 0) is 0 Å². The van der Waals surface area contributed by atoms with Crippen LogP contribution >= 0.6 is 0 Å². The first-order valence-corrected chi connectivity index (χ1v) is 5.78. The van der Waals surface area contributed by atoms with E-state index in [2.05, 4.69) is 19.9 Å². The zero-order valence-electron chi connectivity index (χ0n) is 10.5. The van der Waals surface area contributed by atoms with Gasteiger partial charge >= 0.3 is 0 Å². The molecule has 0 aliphatic rings. The van der Waals surface area contributed by atoms with Gasteiger partial charge in [-0.25, -0.2) is 14.5 Å². The van der Waals surface area contributed by atoms with Crippen LogP contribution in [0.5, 0.6) is 0 Å². The van der Waals surface area contributed by atoms with Crippen LogP contribution in [0.1, 0.15) is 5.69 Å². The lowest BCUT2D eigenvalue weighted by Crippen LogP contribution is -2.27. The third-order valence-electron chi connectivity index (χ3n) is 2.78. The van der Waals surface area contributed by atoms with Crippen molar-refractivity contribution in [3.63, 3.8) is 0 Å². The molecular formula is C12H10N6O2. The summed E-state index contributed by atoms with van der Waals surface area (Å²) >= 11 is 0. The van der Waals surface area contributed by atoms with Crippen molar-refractivity contribution in [3.8, 4) is 5.82 Å². The number of nitrogens with one attached hydrogen (secondary N) is 1. The molecule has 8 heteroatoms. The number of pyridine rings is 1. The van der Waals surface area contributed by atoms with Gasteiger partial charge in [-0.1, -0.05) is 6.07 Å². The standard InChI is InChI=1S/C12H10N6O2/c1-6-11(20)18(7-4-2-3-5-14-7)9-8(15-6)10(19)17-12(13)16-9/h2-5H,1H3,(H3,13,16,17,19). The van der Waals surface area contributed by atoms with Crippen LogP contribution in [0.3, 0.4) is 0 Å². The quantitative estimate of drug-likeness (QED) is 0.629. The number of aromatic amines is 1. The molecule has 100 valence electrons. The van der Waals surface area contributed by atoms with Gasteiger partial charge < -0.3 is 5.73 Å². The minimum atomic E-state index is -0.500. The molecule has 0 amide bonds. The zero-order chi connectivity index (χ0) is 14.3. The molecule has 0 radical (unpaired) electrons. The van der Waals surface area contributed by atoms with Crippen molar-refractivity contribution in [2.24, 2.45) is 0 Å². The van der Waals surface area contributed by atoms with Crippen molar-refractivity contribution in [1.29, 1.82) is 0 Å². The van der Waals surface area contributed by atoms with E-state index < -0.39 is 11.1 Å². The lowest BCUT2D eigenvalue weighted by Gasteiger charge is -2.08. The fourth-order valence-corrected chi connectivity index (χ4v) is 1.90. The smallest absolute Gasteiger partial charge is 0.280 e. The molecule has 3 rings (SSSR count). The first-order valence-electron chi connectivity index (χ1n) is 5.78. The lowest BCUT2D eigenvalue weighted by atomic mass is 10.4. The van der Waals surface area contributed by atoms with Gasteiger partial charge in [0.2, 0.25) is 5.95 Å². The number of rotatable bonds is 1. The molecule has 0 atom stereocenters. The molecule has 3 N–H and O–H groups in total. The van der Waals surface area contributed by atoms with Crippen LogP contribution < -0.4 is 16.9 Å². The Kier molecular flexibility index (Phi) is 2.56. The van der Waals surface area contributed by atoms with E-state index in [1.807, 2.05) is 0 Å². The molecule has 0 spiro atoms. The van der Waals surface area contributed by atoms with Gasteiger partial charge in [0.15, 0.2) is 11.2 Å². The summed E-state index contributed by atoms with van der Waals surface area (Å²) in [6, 6.07) is 5.09. The fraction of sp³-hybridized carbons (Fsp3) is 0.0833. The summed E-state index contributed by atoms with van der Waals surface area (Å²) < 4.78 is 1.23. The molecule has 0 aliphatic carbocycles.